The first kappa shape index (κ1) is 29.9. The lowest BCUT2D eigenvalue weighted by molar-refractivity contribution is -0.134. The minimum Gasteiger partial charge on any atom is -0.345 e. The zero-order valence-corrected chi connectivity index (χ0v) is 26.5. The quantitative estimate of drug-likeness (QED) is 0.311. The number of nitrogens with one attached hydrogen (secondary N) is 1. The number of halogens is 2. The number of aliphatic imine (C=N–C) groups is 2. The van der Waals surface area contributed by atoms with Gasteiger partial charge in [-0.25, -0.2) is 4.99 Å². The number of carbonyl (C=O) groups is 2. The molecule has 0 radical (unpaired) electrons. The van der Waals surface area contributed by atoms with Gasteiger partial charge >= 0.3 is 0 Å². The summed E-state index contributed by atoms with van der Waals surface area (Å²) in [4.78, 5) is 39.0. The molecule has 2 aromatic rings. The molecule has 2 aliphatic carbocycles. The second kappa shape index (κ2) is 11.8. The van der Waals surface area contributed by atoms with Crippen LogP contribution in [0, 0.1) is 17.3 Å². The van der Waals surface area contributed by atoms with E-state index < -0.39 is 5.66 Å². The minimum absolute atomic E-state index is 0.0843. The van der Waals surface area contributed by atoms with E-state index >= 15 is 0 Å². The third kappa shape index (κ3) is 6.41. The van der Waals surface area contributed by atoms with E-state index in [-0.39, 0.29) is 24.4 Å². The average Bonchev–Trinajstić information content (AvgIpc) is 3.34. The topological polar surface area (TPSA) is 98.8 Å². The van der Waals surface area contributed by atoms with Crippen LogP contribution in [0.1, 0.15) is 93.2 Å². The third-order valence-electron chi connectivity index (χ3n) is 9.39. The molecule has 2 unspecified atom stereocenters. The van der Waals surface area contributed by atoms with Crippen molar-refractivity contribution in [2.24, 2.45) is 37.5 Å². The van der Waals surface area contributed by atoms with Crippen LogP contribution in [-0.2, 0) is 4.79 Å². The Kier molecular flexibility index (Phi) is 8.20. The highest BCUT2D eigenvalue weighted by molar-refractivity contribution is 6.47. The van der Waals surface area contributed by atoms with Gasteiger partial charge in [0.15, 0.2) is 12.5 Å². The first-order valence-electron chi connectivity index (χ1n) is 15.2. The van der Waals surface area contributed by atoms with Crippen molar-refractivity contribution in [3.8, 4) is 0 Å². The summed E-state index contributed by atoms with van der Waals surface area (Å²) in [6, 6.07) is 12.7. The lowest BCUT2D eigenvalue weighted by Crippen LogP contribution is -2.52. The van der Waals surface area contributed by atoms with Gasteiger partial charge in [0, 0.05) is 21.2 Å². The van der Waals surface area contributed by atoms with Crippen molar-refractivity contribution in [1.29, 1.82) is 0 Å². The number of amidine groups is 1. The first-order chi connectivity index (χ1) is 20.5. The number of carbonyl (C=O) groups excluding carboxylic acids is 2. The standard InChI is InChI=1S/C33H38Cl2N6O2/c1-20-12-21(2)17-33(16-20)39-29(24-13-25(34)15-26(35)14-24)31(43)41(33)27(8-9-32(3)10-11-32)22-4-6-23(7-5-22)30(42)36-18-28-37-19-38-40-28/h4-7,13-15,20-21,27H,8-12,16-19H2,1-3H3,(H,36,42)/t20?,21?,27-,33?/m1/s1. The maximum Gasteiger partial charge on any atom is 0.275 e. The molecule has 4 aliphatic rings. The van der Waals surface area contributed by atoms with Gasteiger partial charge in [0.05, 0.1) is 12.6 Å². The first-order valence-corrected chi connectivity index (χ1v) is 16.0. The second-order valence-electron chi connectivity index (χ2n) is 13.3. The normalized spacial score (nSPS) is 26.4. The molecule has 2 aromatic carbocycles. The number of benzene rings is 2. The van der Waals surface area contributed by atoms with Gasteiger partial charge in [0.25, 0.3) is 11.8 Å². The van der Waals surface area contributed by atoms with E-state index in [0.717, 1.165) is 37.7 Å². The maximum absolute atomic E-state index is 14.6. The maximum atomic E-state index is 14.6. The van der Waals surface area contributed by atoms with Gasteiger partial charge in [0.1, 0.15) is 11.4 Å². The molecule has 2 amide bonds. The van der Waals surface area contributed by atoms with Crippen molar-refractivity contribution in [3.63, 3.8) is 0 Å². The molecule has 10 heteroatoms. The van der Waals surface area contributed by atoms with Gasteiger partial charge < -0.3 is 10.2 Å². The highest BCUT2D eigenvalue weighted by atomic mass is 35.5. The Morgan fingerprint density at radius 1 is 1.07 bits per heavy atom. The van der Waals surface area contributed by atoms with Gasteiger partial charge in [0.2, 0.25) is 0 Å². The number of nitrogens with zero attached hydrogens (tertiary/aromatic N) is 5. The summed E-state index contributed by atoms with van der Waals surface area (Å²) in [6.45, 7) is 7.39. The fourth-order valence-electron chi connectivity index (χ4n) is 7.12. The van der Waals surface area contributed by atoms with E-state index in [9.17, 15) is 9.59 Å². The molecule has 1 N–H and O–H groups in total. The number of azo groups is 1. The average molecular weight is 622 g/mol. The molecule has 6 rings (SSSR count). The van der Waals surface area contributed by atoms with Gasteiger partial charge in [-0.2, -0.15) is 5.11 Å². The van der Waals surface area contributed by atoms with Crippen molar-refractivity contribution >= 4 is 46.6 Å². The molecule has 2 heterocycles. The highest BCUT2D eigenvalue weighted by Gasteiger charge is 2.53. The molecular weight excluding hydrogens is 583 g/mol. The van der Waals surface area contributed by atoms with Crippen LogP contribution in [0.4, 0.5) is 0 Å². The minimum atomic E-state index is -0.653. The summed E-state index contributed by atoms with van der Waals surface area (Å²) in [5.74, 6) is 1.07. The summed E-state index contributed by atoms with van der Waals surface area (Å²) in [5, 5.41) is 11.6. The van der Waals surface area contributed by atoms with Gasteiger partial charge in [-0.3, -0.25) is 14.6 Å². The molecule has 43 heavy (non-hydrogen) atoms. The van der Waals surface area contributed by atoms with Crippen LogP contribution in [0.5, 0.6) is 0 Å². The zero-order valence-electron chi connectivity index (χ0n) is 24.9. The molecule has 0 bridgehead atoms. The monoisotopic (exact) mass is 620 g/mol. The fourth-order valence-corrected chi connectivity index (χ4v) is 7.65. The Balaban J connectivity index is 1.35. The second-order valence-corrected chi connectivity index (χ2v) is 14.1. The van der Waals surface area contributed by atoms with Gasteiger partial charge in [-0.1, -0.05) is 56.1 Å². The van der Waals surface area contributed by atoms with Crippen LogP contribution in [0.15, 0.2) is 62.7 Å². The van der Waals surface area contributed by atoms with Crippen molar-refractivity contribution in [2.45, 2.75) is 77.4 Å². The number of hydrogen-bond donors (Lipinski definition) is 1. The summed E-state index contributed by atoms with van der Waals surface area (Å²) in [6.07, 6.45) is 6.96. The Labute approximate surface area is 263 Å². The van der Waals surface area contributed by atoms with Gasteiger partial charge in [-0.05, 0) is 98.1 Å². The molecule has 226 valence electrons. The summed E-state index contributed by atoms with van der Waals surface area (Å²) in [5.41, 5.74) is 2.29. The lowest BCUT2D eigenvalue weighted by atomic mass is 9.75. The predicted octanol–water partition coefficient (Wildman–Crippen LogP) is 7.65. The van der Waals surface area contributed by atoms with Crippen LogP contribution in [-0.4, -0.2) is 47.1 Å². The molecule has 1 spiro atoms. The van der Waals surface area contributed by atoms with E-state index in [2.05, 4.69) is 46.2 Å². The molecule has 3 atom stereocenters. The van der Waals surface area contributed by atoms with Crippen LogP contribution in [0.2, 0.25) is 10.0 Å². The summed E-state index contributed by atoms with van der Waals surface area (Å²) < 4.78 is 0. The van der Waals surface area contributed by atoms with E-state index in [1.807, 2.05) is 24.3 Å². The van der Waals surface area contributed by atoms with Gasteiger partial charge in [-0.15, -0.1) is 5.11 Å². The Morgan fingerprint density at radius 2 is 1.74 bits per heavy atom. The molecule has 2 fully saturated rings. The van der Waals surface area contributed by atoms with Crippen molar-refractivity contribution in [3.05, 3.63) is 69.2 Å². The zero-order chi connectivity index (χ0) is 30.4. The summed E-state index contributed by atoms with van der Waals surface area (Å²) in [7, 11) is 0. The smallest absolute Gasteiger partial charge is 0.275 e. The molecule has 0 saturated heterocycles. The number of hydrogen-bond acceptors (Lipinski definition) is 6. The Bertz CT molecular complexity index is 1480. The van der Waals surface area contributed by atoms with E-state index in [1.165, 1.54) is 12.8 Å². The lowest BCUT2D eigenvalue weighted by Gasteiger charge is -2.47. The molecule has 8 nitrogen and oxygen atoms in total. The SMILES string of the molecule is CC1CC(C)CC2(C1)N=C(c1cc(Cl)cc(Cl)c1)C(=O)N2[C@H](CCC1(C)CC1)c1ccc(C(=O)NCC2=NCN=N2)cc1. The predicted molar refractivity (Wildman–Crippen MR) is 170 cm³/mol. The number of rotatable bonds is 9. The molecular formula is C33H38Cl2N6O2. The molecule has 2 saturated carbocycles. The third-order valence-corrected chi connectivity index (χ3v) is 9.82. The Hall–Kier alpha value is -3.10. The van der Waals surface area contributed by atoms with Crippen LogP contribution in [0.3, 0.4) is 0 Å². The van der Waals surface area contributed by atoms with Crippen LogP contribution in [0.25, 0.3) is 0 Å². The van der Waals surface area contributed by atoms with E-state index in [1.54, 1.807) is 18.2 Å². The highest BCUT2D eigenvalue weighted by Crippen LogP contribution is 2.53. The van der Waals surface area contributed by atoms with Crippen LogP contribution < -0.4 is 5.32 Å². The van der Waals surface area contributed by atoms with E-state index in [0.29, 0.717) is 56.6 Å². The Morgan fingerprint density at radius 3 is 2.35 bits per heavy atom. The summed E-state index contributed by atoms with van der Waals surface area (Å²) >= 11 is 12.8. The molecule has 2 aliphatic heterocycles. The van der Waals surface area contributed by atoms with Crippen molar-refractivity contribution < 1.29 is 9.59 Å². The van der Waals surface area contributed by atoms with E-state index in [4.69, 9.17) is 28.2 Å². The van der Waals surface area contributed by atoms with Crippen molar-refractivity contribution in [1.82, 2.24) is 10.2 Å². The largest absolute Gasteiger partial charge is 0.345 e. The fraction of sp³-hybridized carbons (Fsp3) is 0.515. The van der Waals surface area contributed by atoms with Crippen molar-refractivity contribution in [2.75, 3.05) is 13.2 Å². The van der Waals surface area contributed by atoms with Crippen LogP contribution >= 0.6 is 23.2 Å². The molecule has 0 aromatic heterocycles. The number of amides is 2.